The molecule has 2 rings (SSSR count). The Kier molecular flexibility index (Phi) is 6.71. The SMILES string of the molecule is COc1cc(N)c(Cl)cc1C(=O)NCC(C)CN1CCN(C)CC1. The van der Waals surface area contributed by atoms with E-state index in [-0.39, 0.29) is 5.91 Å². The molecule has 0 spiro atoms. The first kappa shape index (κ1) is 18.8. The second kappa shape index (κ2) is 8.55. The maximum atomic E-state index is 12.4. The number of nitrogen functional groups attached to an aromatic ring is 1. The number of nitrogens with zero attached hydrogens (tertiary/aromatic N) is 2. The Bertz CT molecular complexity index is 574. The number of halogens is 1. The van der Waals surface area contributed by atoms with Crippen molar-refractivity contribution in [3.63, 3.8) is 0 Å². The average molecular weight is 355 g/mol. The summed E-state index contributed by atoms with van der Waals surface area (Å²) in [5.41, 5.74) is 6.55. The second-order valence-corrected chi connectivity index (χ2v) is 6.90. The number of likely N-dealkylation sites (N-methyl/N-ethyl adjacent to an activating group) is 1. The van der Waals surface area contributed by atoms with E-state index in [1.165, 1.54) is 7.11 Å². The van der Waals surface area contributed by atoms with Gasteiger partial charge in [0.1, 0.15) is 5.75 Å². The molecule has 0 saturated carbocycles. The summed E-state index contributed by atoms with van der Waals surface area (Å²) in [6.45, 7) is 8.09. The van der Waals surface area contributed by atoms with Crippen LogP contribution < -0.4 is 15.8 Å². The van der Waals surface area contributed by atoms with Crippen LogP contribution in [0.5, 0.6) is 5.75 Å². The van der Waals surface area contributed by atoms with Gasteiger partial charge in [0.15, 0.2) is 0 Å². The van der Waals surface area contributed by atoms with Crippen molar-refractivity contribution in [3.8, 4) is 5.75 Å². The van der Waals surface area contributed by atoms with E-state index in [2.05, 4.69) is 29.1 Å². The van der Waals surface area contributed by atoms with Gasteiger partial charge in [0.25, 0.3) is 5.91 Å². The van der Waals surface area contributed by atoms with Crippen LogP contribution >= 0.6 is 11.6 Å². The lowest BCUT2D eigenvalue weighted by atomic mass is 10.1. The van der Waals surface area contributed by atoms with Crippen molar-refractivity contribution in [2.45, 2.75) is 6.92 Å². The van der Waals surface area contributed by atoms with Crippen molar-refractivity contribution in [3.05, 3.63) is 22.7 Å². The Morgan fingerprint density at radius 3 is 2.67 bits per heavy atom. The Morgan fingerprint density at radius 2 is 2.04 bits per heavy atom. The van der Waals surface area contributed by atoms with Crippen molar-refractivity contribution >= 4 is 23.2 Å². The van der Waals surface area contributed by atoms with E-state index in [9.17, 15) is 4.79 Å². The molecule has 24 heavy (non-hydrogen) atoms. The molecule has 3 N–H and O–H groups in total. The maximum Gasteiger partial charge on any atom is 0.255 e. The summed E-state index contributed by atoms with van der Waals surface area (Å²) in [5, 5.41) is 3.32. The van der Waals surface area contributed by atoms with Crippen LogP contribution in [0.1, 0.15) is 17.3 Å². The Labute approximate surface area is 148 Å². The van der Waals surface area contributed by atoms with Crippen molar-refractivity contribution in [2.24, 2.45) is 5.92 Å². The van der Waals surface area contributed by atoms with Gasteiger partial charge in [-0.1, -0.05) is 18.5 Å². The first-order chi connectivity index (χ1) is 11.4. The van der Waals surface area contributed by atoms with Crippen LogP contribution in [0, 0.1) is 5.92 Å². The zero-order valence-corrected chi connectivity index (χ0v) is 15.4. The molecular formula is C17H27ClN4O2. The van der Waals surface area contributed by atoms with Crippen LogP contribution in [0.15, 0.2) is 12.1 Å². The third-order valence-electron chi connectivity index (χ3n) is 4.34. The molecule has 1 aromatic carbocycles. The molecule has 134 valence electrons. The fourth-order valence-electron chi connectivity index (χ4n) is 2.81. The van der Waals surface area contributed by atoms with Gasteiger partial charge in [-0.05, 0) is 19.0 Å². The molecule has 1 aliphatic heterocycles. The minimum atomic E-state index is -0.195. The molecule has 6 nitrogen and oxygen atoms in total. The fraction of sp³-hybridized carbons (Fsp3) is 0.588. The van der Waals surface area contributed by atoms with E-state index in [4.69, 9.17) is 22.1 Å². The standard InChI is InChI=1S/C17H27ClN4O2/c1-12(11-22-6-4-21(2)5-7-22)10-20-17(23)13-8-14(18)15(19)9-16(13)24-3/h8-9,12H,4-7,10-11,19H2,1-3H3,(H,20,23). The van der Waals surface area contributed by atoms with Crippen molar-refractivity contribution < 1.29 is 9.53 Å². The van der Waals surface area contributed by atoms with Crippen molar-refractivity contribution in [2.75, 3.05) is 59.2 Å². The molecule has 1 heterocycles. The molecular weight excluding hydrogens is 328 g/mol. The highest BCUT2D eigenvalue weighted by Crippen LogP contribution is 2.28. The van der Waals surface area contributed by atoms with E-state index in [1.54, 1.807) is 12.1 Å². The molecule has 1 unspecified atom stereocenters. The Balaban J connectivity index is 1.87. The lowest BCUT2D eigenvalue weighted by Gasteiger charge is -2.33. The summed E-state index contributed by atoms with van der Waals surface area (Å²) in [6, 6.07) is 3.13. The molecule has 0 aliphatic carbocycles. The van der Waals surface area contributed by atoms with Crippen LogP contribution in [0.2, 0.25) is 5.02 Å². The van der Waals surface area contributed by atoms with Gasteiger partial charge >= 0.3 is 0 Å². The van der Waals surface area contributed by atoms with Gasteiger partial charge < -0.3 is 25.6 Å². The highest BCUT2D eigenvalue weighted by Gasteiger charge is 2.18. The topological polar surface area (TPSA) is 70.8 Å². The van der Waals surface area contributed by atoms with E-state index in [1.807, 2.05) is 0 Å². The summed E-state index contributed by atoms with van der Waals surface area (Å²) in [7, 11) is 3.65. The number of carbonyl (C=O) groups excluding carboxylic acids is 1. The number of carbonyl (C=O) groups is 1. The minimum Gasteiger partial charge on any atom is -0.496 e. The van der Waals surface area contributed by atoms with Crippen LogP contribution in [-0.2, 0) is 0 Å². The smallest absolute Gasteiger partial charge is 0.255 e. The van der Waals surface area contributed by atoms with Gasteiger partial charge in [0, 0.05) is 45.3 Å². The first-order valence-corrected chi connectivity index (χ1v) is 8.60. The Hall–Kier alpha value is -1.50. The third kappa shape index (κ3) is 5.00. The number of methoxy groups -OCH3 is 1. The number of anilines is 1. The summed E-state index contributed by atoms with van der Waals surface area (Å²) >= 11 is 6.02. The minimum absolute atomic E-state index is 0.195. The highest BCUT2D eigenvalue weighted by atomic mass is 35.5. The van der Waals surface area contributed by atoms with Gasteiger partial charge in [0.2, 0.25) is 0 Å². The summed E-state index contributed by atoms with van der Waals surface area (Å²) in [4.78, 5) is 17.2. The molecule has 0 aromatic heterocycles. The highest BCUT2D eigenvalue weighted by molar-refractivity contribution is 6.33. The normalized spacial score (nSPS) is 17.5. The summed E-state index contributed by atoms with van der Waals surface area (Å²) in [5.74, 6) is 0.604. The van der Waals surface area contributed by atoms with E-state index in [0.717, 1.165) is 32.7 Å². The lowest BCUT2D eigenvalue weighted by molar-refractivity contribution is 0.0934. The molecule has 0 bridgehead atoms. The molecule has 1 fully saturated rings. The monoisotopic (exact) mass is 354 g/mol. The van der Waals surface area contributed by atoms with E-state index >= 15 is 0 Å². The van der Waals surface area contributed by atoms with Gasteiger partial charge in [-0.15, -0.1) is 0 Å². The number of nitrogens with one attached hydrogen (secondary N) is 1. The van der Waals surface area contributed by atoms with Crippen LogP contribution in [0.25, 0.3) is 0 Å². The molecule has 1 amide bonds. The molecule has 1 saturated heterocycles. The molecule has 1 aliphatic rings. The van der Waals surface area contributed by atoms with Crippen molar-refractivity contribution in [1.82, 2.24) is 15.1 Å². The zero-order chi connectivity index (χ0) is 17.7. The first-order valence-electron chi connectivity index (χ1n) is 8.22. The van der Waals surface area contributed by atoms with Crippen LogP contribution in [-0.4, -0.2) is 69.1 Å². The zero-order valence-electron chi connectivity index (χ0n) is 14.6. The summed E-state index contributed by atoms with van der Waals surface area (Å²) < 4.78 is 5.23. The van der Waals surface area contributed by atoms with E-state index in [0.29, 0.717) is 34.5 Å². The van der Waals surface area contributed by atoms with Gasteiger partial charge in [0.05, 0.1) is 23.4 Å². The lowest BCUT2D eigenvalue weighted by Crippen LogP contribution is -2.46. The number of rotatable bonds is 6. The molecule has 1 aromatic rings. The number of piperazine rings is 1. The second-order valence-electron chi connectivity index (χ2n) is 6.49. The van der Waals surface area contributed by atoms with Crippen LogP contribution in [0.3, 0.4) is 0 Å². The molecule has 7 heteroatoms. The van der Waals surface area contributed by atoms with Crippen molar-refractivity contribution in [1.29, 1.82) is 0 Å². The molecule has 1 atom stereocenters. The maximum absolute atomic E-state index is 12.4. The number of hydrogen-bond donors (Lipinski definition) is 2. The Morgan fingerprint density at radius 1 is 1.38 bits per heavy atom. The number of hydrogen-bond acceptors (Lipinski definition) is 5. The number of amides is 1. The fourth-order valence-corrected chi connectivity index (χ4v) is 2.98. The number of benzene rings is 1. The van der Waals surface area contributed by atoms with Crippen LogP contribution in [0.4, 0.5) is 5.69 Å². The predicted molar refractivity (Wildman–Crippen MR) is 97.9 cm³/mol. The largest absolute Gasteiger partial charge is 0.496 e. The average Bonchev–Trinajstić information content (AvgIpc) is 2.56. The van der Waals surface area contributed by atoms with Gasteiger partial charge in [-0.3, -0.25) is 4.79 Å². The number of ether oxygens (including phenoxy) is 1. The summed E-state index contributed by atoms with van der Waals surface area (Å²) in [6.07, 6.45) is 0. The third-order valence-corrected chi connectivity index (χ3v) is 4.67. The molecule has 0 radical (unpaired) electrons. The quantitative estimate of drug-likeness (QED) is 0.758. The predicted octanol–water partition coefficient (Wildman–Crippen LogP) is 1.54. The van der Waals surface area contributed by atoms with Gasteiger partial charge in [-0.2, -0.15) is 0 Å². The number of nitrogens with two attached hydrogens (primary N) is 1. The van der Waals surface area contributed by atoms with E-state index < -0.39 is 0 Å². The van der Waals surface area contributed by atoms with Gasteiger partial charge in [-0.25, -0.2) is 0 Å².